The van der Waals surface area contributed by atoms with Crippen molar-refractivity contribution >= 4 is 17.8 Å². The van der Waals surface area contributed by atoms with Gasteiger partial charge in [0, 0.05) is 7.11 Å². The highest BCUT2D eigenvalue weighted by Crippen LogP contribution is 2.30. The summed E-state index contributed by atoms with van der Waals surface area (Å²) in [7, 11) is 1.63. The maximum Gasteiger partial charge on any atom is 0.240 e. The van der Waals surface area contributed by atoms with E-state index in [4.69, 9.17) is 4.74 Å². The van der Waals surface area contributed by atoms with Crippen molar-refractivity contribution in [2.45, 2.75) is 18.6 Å². The number of nitrogens with zero attached hydrogens (tertiary/aromatic N) is 2. The van der Waals surface area contributed by atoms with E-state index in [0.29, 0.717) is 12.1 Å². The van der Waals surface area contributed by atoms with Gasteiger partial charge in [0.2, 0.25) is 12.2 Å². The molecule has 0 heterocycles. The van der Waals surface area contributed by atoms with Gasteiger partial charge in [0.05, 0.1) is 11.7 Å². The van der Waals surface area contributed by atoms with E-state index in [1.54, 1.807) is 25.3 Å². The van der Waals surface area contributed by atoms with E-state index in [9.17, 15) is 9.59 Å². The molecular weight excluding hydrogens is 268 g/mol. The maximum atomic E-state index is 10.2. The lowest BCUT2D eigenvalue weighted by molar-refractivity contribution is 0.135. The number of aliphatic imine (C=N–C) groups is 2. The average Bonchev–Trinajstić information content (AvgIpc) is 2.52. The Kier molecular flexibility index (Phi) is 5.13. The Labute approximate surface area is 122 Å². The third-order valence-corrected chi connectivity index (χ3v) is 3.23. The van der Waals surface area contributed by atoms with Crippen LogP contribution >= 0.6 is 0 Å². The second-order valence-corrected chi connectivity index (χ2v) is 4.50. The van der Waals surface area contributed by atoms with Crippen LogP contribution in [0, 0.1) is 0 Å². The van der Waals surface area contributed by atoms with Crippen LogP contribution in [-0.4, -0.2) is 25.3 Å². The summed E-state index contributed by atoms with van der Waals surface area (Å²) in [4.78, 5) is 27.7. The lowest BCUT2D eigenvalue weighted by Crippen LogP contribution is -2.09. The van der Waals surface area contributed by atoms with Crippen LogP contribution in [0.15, 0.2) is 58.1 Å². The van der Waals surface area contributed by atoms with Crippen molar-refractivity contribution in [3.8, 4) is 0 Å². The molecule has 1 aliphatic carbocycles. The predicted molar refractivity (Wildman–Crippen MR) is 77.7 cm³/mol. The van der Waals surface area contributed by atoms with Crippen molar-refractivity contribution in [2.75, 3.05) is 7.11 Å². The van der Waals surface area contributed by atoms with Gasteiger partial charge in [-0.1, -0.05) is 30.4 Å². The van der Waals surface area contributed by atoms with E-state index < -0.39 is 0 Å². The van der Waals surface area contributed by atoms with E-state index in [0.717, 1.165) is 11.1 Å². The van der Waals surface area contributed by atoms with Crippen LogP contribution in [0.5, 0.6) is 0 Å². The molecule has 0 saturated heterocycles. The van der Waals surface area contributed by atoms with Gasteiger partial charge in [-0.3, -0.25) is 0 Å². The minimum atomic E-state index is -0.211. The topological polar surface area (TPSA) is 68.1 Å². The summed E-state index contributed by atoms with van der Waals surface area (Å²) in [5.41, 5.74) is 2.51. The first-order valence-electron chi connectivity index (χ1n) is 6.44. The Morgan fingerprint density at radius 1 is 1.24 bits per heavy atom. The monoisotopic (exact) mass is 282 g/mol. The van der Waals surface area contributed by atoms with E-state index in [2.05, 4.69) is 9.98 Å². The number of benzene rings is 1. The number of methoxy groups -OCH3 is 1. The molecule has 2 unspecified atom stereocenters. The van der Waals surface area contributed by atoms with Gasteiger partial charge in [-0.25, -0.2) is 9.59 Å². The first kappa shape index (κ1) is 14.8. The maximum absolute atomic E-state index is 10.2. The van der Waals surface area contributed by atoms with Gasteiger partial charge in [0.25, 0.3) is 0 Å². The minimum Gasteiger partial charge on any atom is -0.372 e. The van der Waals surface area contributed by atoms with Crippen LogP contribution in [0.2, 0.25) is 0 Å². The summed E-state index contributed by atoms with van der Waals surface area (Å²) >= 11 is 0. The highest BCUT2D eigenvalue weighted by atomic mass is 16.5. The largest absolute Gasteiger partial charge is 0.372 e. The molecule has 1 aliphatic rings. The van der Waals surface area contributed by atoms with Gasteiger partial charge < -0.3 is 4.74 Å². The van der Waals surface area contributed by atoms with Crippen molar-refractivity contribution in [1.82, 2.24) is 0 Å². The number of rotatable bonds is 5. The van der Waals surface area contributed by atoms with Crippen molar-refractivity contribution in [3.05, 3.63) is 53.6 Å². The lowest BCUT2D eigenvalue weighted by Gasteiger charge is -2.20. The second kappa shape index (κ2) is 7.27. The second-order valence-electron chi connectivity index (χ2n) is 4.50. The Bertz CT molecular complexity index is 649. The fourth-order valence-electron chi connectivity index (χ4n) is 2.22. The quantitative estimate of drug-likeness (QED) is 0.616. The minimum absolute atomic E-state index is 0.145. The molecule has 2 atom stereocenters. The van der Waals surface area contributed by atoms with Crippen LogP contribution < -0.4 is 0 Å². The molecule has 106 valence electrons. The fourth-order valence-corrected chi connectivity index (χ4v) is 2.22. The van der Waals surface area contributed by atoms with Crippen molar-refractivity contribution < 1.29 is 14.3 Å². The molecule has 0 spiro atoms. The average molecular weight is 282 g/mol. The Morgan fingerprint density at radius 3 is 2.52 bits per heavy atom. The molecule has 5 nitrogen and oxygen atoms in total. The van der Waals surface area contributed by atoms with Crippen molar-refractivity contribution in [1.29, 1.82) is 0 Å². The third kappa shape index (κ3) is 3.71. The Balaban J connectivity index is 2.18. The molecule has 0 radical (unpaired) electrons. The number of hydrogen-bond acceptors (Lipinski definition) is 5. The molecule has 0 aromatic heterocycles. The Hall–Kier alpha value is -2.58. The van der Waals surface area contributed by atoms with Crippen molar-refractivity contribution in [2.24, 2.45) is 9.98 Å². The smallest absolute Gasteiger partial charge is 0.240 e. The van der Waals surface area contributed by atoms with Gasteiger partial charge in [0.1, 0.15) is 6.10 Å². The molecule has 21 heavy (non-hydrogen) atoms. The molecule has 2 rings (SSSR count). The summed E-state index contributed by atoms with van der Waals surface area (Å²) < 4.78 is 5.54. The van der Waals surface area contributed by atoms with Gasteiger partial charge in [-0.05, 0) is 29.7 Å². The van der Waals surface area contributed by atoms with E-state index in [-0.39, 0.29) is 12.1 Å². The SMILES string of the molecule is COC(C1=CCC(N=C=O)C=C1)c1ccc(N=C=O)cc1. The predicted octanol–water partition coefficient (Wildman–Crippen LogP) is 2.93. The number of isocyanates is 2. The summed E-state index contributed by atoms with van der Waals surface area (Å²) in [5.74, 6) is 0. The Morgan fingerprint density at radius 2 is 2.00 bits per heavy atom. The standard InChI is InChI=1S/C16H14N2O3/c1-21-16(12-2-6-14(7-3-12)17-10-19)13-4-8-15(9-5-13)18-11-20/h2-8,15-16H,9H2,1H3. The van der Waals surface area contributed by atoms with Crippen LogP contribution in [0.4, 0.5) is 5.69 Å². The summed E-state index contributed by atoms with van der Waals surface area (Å²) in [6.07, 6.45) is 9.27. The van der Waals surface area contributed by atoms with Crippen LogP contribution in [-0.2, 0) is 14.3 Å². The van der Waals surface area contributed by atoms with Gasteiger partial charge in [-0.15, -0.1) is 0 Å². The first-order chi connectivity index (χ1) is 10.3. The fraction of sp³-hybridized carbons (Fsp3) is 0.250. The summed E-state index contributed by atoms with van der Waals surface area (Å²) in [6.45, 7) is 0. The van der Waals surface area contributed by atoms with Gasteiger partial charge >= 0.3 is 0 Å². The van der Waals surface area contributed by atoms with Crippen LogP contribution in [0.3, 0.4) is 0 Å². The van der Waals surface area contributed by atoms with E-state index in [1.165, 1.54) is 6.08 Å². The van der Waals surface area contributed by atoms with E-state index >= 15 is 0 Å². The molecule has 5 heteroatoms. The number of ether oxygens (including phenoxy) is 1. The number of hydrogen-bond donors (Lipinski definition) is 0. The lowest BCUT2D eigenvalue weighted by atomic mass is 9.95. The molecule has 1 aromatic carbocycles. The molecular formula is C16H14N2O3. The molecule has 0 saturated carbocycles. The van der Waals surface area contributed by atoms with Crippen LogP contribution in [0.25, 0.3) is 0 Å². The normalized spacial score (nSPS) is 18.1. The molecule has 0 N–H and O–H groups in total. The first-order valence-corrected chi connectivity index (χ1v) is 6.44. The zero-order valence-corrected chi connectivity index (χ0v) is 11.5. The molecule has 0 fully saturated rings. The zero-order chi connectivity index (χ0) is 15.1. The van der Waals surface area contributed by atoms with Gasteiger partial charge in [0.15, 0.2) is 0 Å². The molecule has 1 aromatic rings. The molecule has 0 aliphatic heterocycles. The summed E-state index contributed by atoms with van der Waals surface area (Å²) in [6, 6.07) is 7.04. The van der Waals surface area contributed by atoms with Crippen molar-refractivity contribution in [3.63, 3.8) is 0 Å². The third-order valence-electron chi connectivity index (χ3n) is 3.23. The molecule has 0 bridgehead atoms. The highest BCUT2D eigenvalue weighted by Gasteiger charge is 2.17. The van der Waals surface area contributed by atoms with Crippen LogP contribution in [0.1, 0.15) is 18.1 Å². The van der Waals surface area contributed by atoms with Gasteiger partial charge in [-0.2, -0.15) is 9.98 Å². The summed E-state index contributed by atoms with van der Waals surface area (Å²) in [5, 5.41) is 0. The van der Waals surface area contributed by atoms with E-state index in [1.807, 2.05) is 30.4 Å². The zero-order valence-electron chi connectivity index (χ0n) is 11.5. The number of carbonyl (C=O) groups excluding carboxylic acids is 2. The molecule has 0 amide bonds. The highest BCUT2D eigenvalue weighted by molar-refractivity contribution is 5.50.